The third-order valence-corrected chi connectivity index (χ3v) is 1.59. The van der Waals surface area contributed by atoms with Crippen molar-refractivity contribution in [1.82, 2.24) is 0 Å². The molecule has 0 unspecified atom stereocenters. The Labute approximate surface area is 76.4 Å². The predicted molar refractivity (Wildman–Crippen MR) is 45.4 cm³/mol. The zero-order chi connectivity index (χ0) is 9.68. The highest BCUT2D eigenvalue weighted by Crippen LogP contribution is 2.05. The van der Waals surface area contributed by atoms with Gasteiger partial charge in [-0.2, -0.15) is 0 Å². The van der Waals surface area contributed by atoms with Crippen molar-refractivity contribution in [1.29, 1.82) is 0 Å². The summed E-state index contributed by atoms with van der Waals surface area (Å²) in [5.74, 6) is -0.390. The molecule has 0 aliphatic rings. The Morgan fingerprint density at radius 1 is 1.54 bits per heavy atom. The van der Waals surface area contributed by atoms with Crippen molar-refractivity contribution in [2.75, 3.05) is 6.61 Å². The maximum absolute atomic E-state index is 10.2. The van der Waals surface area contributed by atoms with Crippen molar-refractivity contribution in [2.45, 2.75) is 13.5 Å². The van der Waals surface area contributed by atoms with E-state index >= 15 is 0 Å². The van der Waals surface area contributed by atoms with E-state index in [0.29, 0.717) is 5.75 Å². The van der Waals surface area contributed by atoms with Crippen LogP contribution in [0.2, 0.25) is 0 Å². The second-order valence-corrected chi connectivity index (χ2v) is 2.55. The van der Waals surface area contributed by atoms with Crippen molar-refractivity contribution >= 4 is 5.97 Å². The number of carboxylic acid groups (broad SMARTS) is 1. The van der Waals surface area contributed by atoms with Crippen molar-refractivity contribution in [3.63, 3.8) is 0 Å². The number of aryl methyl sites for hydroxylation is 1. The lowest BCUT2D eigenvalue weighted by molar-refractivity contribution is -0.693. The Hall–Kier alpha value is -1.58. The number of carboxylic acids is 1. The number of carbonyl (C=O) groups is 1. The lowest BCUT2D eigenvalue weighted by atomic mass is 10.4. The fourth-order valence-electron chi connectivity index (χ4n) is 0.896. The van der Waals surface area contributed by atoms with Crippen molar-refractivity contribution in [3.05, 3.63) is 24.5 Å². The molecule has 0 saturated carbocycles. The van der Waals surface area contributed by atoms with Crippen molar-refractivity contribution in [2.24, 2.45) is 0 Å². The molecule has 0 radical (unpaired) electrons. The van der Waals surface area contributed by atoms with Gasteiger partial charge in [-0.1, -0.05) is 0 Å². The smallest absolute Gasteiger partial charge is 0.341 e. The third-order valence-electron chi connectivity index (χ3n) is 1.59. The van der Waals surface area contributed by atoms with Crippen molar-refractivity contribution < 1.29 is 19.2 Å². The molecule has 0 bridgehead atoms. The Morgan fingerprint density at radius 3 is 2.62 bits per heavy atom. The molecular formula is C9H12NO3+. The number of aliphatic carboxylic acids is 1. The average Bonchev–Trinajstić information content (AvgIpc) is 2.15. The van der Waals surface area contributed by atoms with Gasteiger partial charge in [0.2, 0.25) is 0 Å². The molecular weight excluding hydrogens is 170 g/mol. The topological polar surface area (TPSA) is 50.4 Å². The molecule has 1 heterocycles. The minimum atomic E-state index is -0.966. The zero-order valence-corrected chi connectivity index (χ0v) is 7.43. The van der Waals surface area contributed by atoms with Crippen LogP contribution in [0.25, 0.3) is 0 Å². The molecule has 0 aliphatic heterocycles. The molecule has 0 aliphatic carbocycles. The number of pyridine rings is 1. The molecule has 70 valence electrons. The second kappa shape index (κ2) is 4.45. The van der Waals surface area contributed by atoms with E-state index in [1.54, 1.807) is 12.1 Å². The van der Waals surface area contributed by atoms with Crippen LogP contribution in [-0.4, -0.2) is 17.7 Å². The van der Waals surface area contributed by atoms with Gasteiger partial charge in [-0.05, 0) is 6.92 Å². The van der Waals surface area contributed by atoms with Gasteiger partial charge in [0.1, 0.15) is 12.3 Å². The van der Waals surface area contributed by atoms with Gasteiger partial charge in [0.05, 0.1) is 0 Å². The van der Waals surface area contributed by atoms with Gasteiger partial charge in [-0.15, -0.1) is 0 Å². The van der Waals surface area contributed by atoms with E-state index in [0.717, 1.165) is 6.54 Å². The number of rotatable bonds is 4. The van der Waals surface area contributed by atoms with Crippen LogP contribution < -0.4 is 9.30 Å². The molecule has 1 aromatic heterocycles. The van der Waals surface area contributed by atoms with Crippen LogP contribution in [-0.2, 0) is 11.3 Å². The zero-order valence-electron chi connectivity index (χ0n) is 7.43. The highest BCUT2D eigenvalue weighted by atomic mass is 16.5. The molecule has 13 heavy (non-hydrogen) atoms. The minimum absolute atomic E-state index is 0.295. The molecule has 0 aromatic carbocycles. The van der Waals surface area contributed by atoms with Gasteiger partial charge in [0.25, 0.3) is 0 Å². The summed E-state index contributed by atoms with van der Waals surface area (Å²) >= 11 is 0. The van der Waals surface area contributed by atoms with E-state index in [9.17, 15) is 4.79 Å². The summed E-state index contributed by atoms with van der Waals surface area (Å²) in [6.45, 7) is 2.62. The number of aromatic nitrogens is 1. The van der Waals surface area contributed by atoms with Crippen LogP contribution >= 0.6 is 0 Å². The van der Waals surface area contributed by atoms with Gasteiger partial charge in [0.15, 0.2) is 19.0 Å². The van der Waals surface area contributed by atoms with Crippen LogP contribution in [0.5, 0.6) is 5.75 Å². The second-order valence-electron chi connectivity index (χ2n) is 2.55. The standard InChI is InChI=1S/C9H11NO3/c1-2-10-5-3-8(4-6-10)13-7-9(11)12/h3-6H,2,7H2,1H3/p+1. The summed E-state index contributed by atoms with van der Waals surface area (Å²) in [6.07, 6.45) is 3.69. The van der Waals surface area contributed by atoms with Crippen molar-refractivity contribution in [3.8, 4) is 5.75 Å². The van der Waals surface area contributed by atoms with Gasteiger partial charge in [0, 0.05) is 12.1 Å². The Bertz CT molecular complexity index is 281. The summed E-state index contributed by atoms with van der Waals surface area (Å²) in [6, 6.07) is 3.48. The highest BCUT2D eigenvalue weighted by molar-refractivity contribution is 5.68. The van der Waals surface area contributed by atoms with Gasteiger partial charge in [-0.3, -0.25) is 0 Å². The quantitative estimate of drug-likeness (QED) is 0.688. The van der Waals surface area contributed by atoms with E-state index in [2.05, 4.69) is 0 Å². The van der Waals surface area contributed by atoms with E-state index < -0.39 is 5.97 Å². The van der Waals surface area contributed by atoms with Crippen LogP contribution in [0, 0.1) is 0 Å². The first kappa shape index (κ1) is 9.51. The largest absolute Gasteiger partial charge is 0.481 e. The molecule has 0 atom stereocenters. The molecule has 0 fully saturated rings. The molecule has 4 nitrogen and oxygen atoms in total. The minimum Gasteiger partial charge on any atom is -0.481 e. The van der Waals surface area contributed by atoms with E-state index in [-0.39, 0.29) is 6.61 Å². The molecule has 1 N–H and O–H groups in total. The molecule has 1 aromatic rings. The maximum Gasteiger partial charge on any atom is 0.341 e. The number of ether oxygens (including phenoxy) is 1. The van der Waals surface area contributed by atoms with E-state index in [1.165, 1.54) is 0 Å². The fraction of sp³-hybridized carbons (Fsp3) is 0.333. The van der Waals surface area contributed by atoms with Gasteiger partial charge in [-0.25, -0.2) is 9.36 Å². The van der Waals surface area contributed by atoms with Crippen LogP contribution in [0.3, 0.4) is 0 Å². The number of hydrogen-bond acceptors (Lipinski definition) is 2. The average molecular weight is 182 g/mol. The third kappa shape index (κ3) is 3.11. The summed E-state index contributed by atoms with van der Waals surface area (Å²) < 4.78 is 6.92. The summed E-state index contributed by atoms with van der Waals surface area (Å²) in [7, 11) is 0. The number of hydrogen-bond donors (Lipinski definition) is 1. The van der Waals surface area contributed by atoms with Crippen LogP contribution in [0.1, 0.15) is 6.92 Å². The Balaban J connectivity index is 2.54. The lowest BCUT2D eigenvalue weighted by Gasteiger charge is -2.00. The normalized spacial score (nSPS) is 9.62. The summed E-state index contributed by atoms with van der Waals surface area (Å²) in [4.78, 5) is 10.2. The molecule has 4 heteroatoms. The van der Waals surface area contributed by atoms with Crippen LogP contribution in [0.4, 0.5) is 0 Å². The SMILES string of the molecule is CC[n+]1ccc(OCC(=O)O)cc1. The lowest BCUT2D eigenvalue weighted by Crippen LogP contribution is -2.30. The molecule has 0 saturated heterocycles. The maximum atomic E-state index is 10.2. The van der Waals surface area contributed by atoms with Gasteiger partial charge < -0.3 is 9.84 Å². The molecule has 1 rings (SSSR count). The predicted octanol–water partition coefficient (Wildman–Crippen LogP) is 0.457. The first-order chi connectivity index (χ1) is 6.22. The first-order valence-electron chi connectivity index (χ1n) is 4.06. The summed E-state index contributed by atoms with van der Waals surface area (Å²) in [5.41, 5.74) is 0. The first-order valence-corrected chi connectivity index (χ1v) is 4.06. The van der Waals surface area contributed by atoms with E-state index in [4.69, 9.17) is 9.84 Å². The highest BCUT2D eigenvalue weighted by Gasteiger charge is 2.01. The Morgan fingerprint density at radius 2 is 2.15 bits per heavy atom. The Kier molecular flexibility index (Phi) is 3.25. The van der Waals surface area contributed by atoms with Crippen LogP contribution in [0.15, 0.2) is 24.5 Å². The van der Waals surface area contributed by atoms with E-state index in [1.807, 2.05) is 23.9 Å². The molecule has 0 spiro atoms. The molecule has 0 amide bonds. The summed E-state index contributed by atoms with van der Waals surface area (Å²) in [5, 5.41) is 8.35. The van der Waals surface area contributed by atoms with Gasteiger partial charge >= 0.3 is 5.97 Å². The fourth-order valence-corrected chi connectivity index (χ4v) is 0.896. The number of nitrogens with zero attached hydrogens (tertiary/aromatic N) is 1. The monoisotopic (exact) mass is 182 g/mol.